The fourth-order valence-corrected chi connectivity index (χ4v) is 3.59. The molecular formula is C16H34N2. The van der Waals surface area contributed by atoms with Crippen LogP contribution in [0.1, 0.15) is 60.3 Å². The predicted molar refractivity (Wildman–Crippen MR) is 80.7 cm³/mol. The second kappa shape index (κ2) is 6.91. The lowest BCUT2D eigenvalue weighted by Crippen LogP contribution is -2.56. The maximum atomic E-state index is 6.17. The molecule has 0 amide bonds. The molecule has 1 aliphatic rings. The summed E-state index contributed by atoms with van der Waals surface area (Å²) in [6.07, 6.45) is 5.33. The van der Waals surface area contributed by atoms with Crippen LogP contribution in [0.25, 0.3) is 0 Å². The molecule has 0 bridgehead atoms. The first kappa shape index (κ1) is 16.0. The molecule has 1 saturated carbocycles. The van der Waals surface area contributed by atoms with Crippen molar-refractivity contribution in [3.8, 4) is 0 Å². The molecule has 0 unspecified atom stereocenters. The normalized spacial score (nSPS) is 29.5. The first-order valence-corrected chi connectivity index (χ1v) is 7.90. The van der Waals surface area contributed by atoms with E-state index in [4.69, 9.17) is 5.73 Å². The van der Waals surface area contributed by atoms with Crippen LogP contribution in [0.5, 0.6) is 0 Å². The topological polar surface area (TPSA) is 29.3 Å². The third-order valence-corrected chi connectivity index (χ3v) is 4.92. The van der Waals surface area contributed by atoms with Gasteiger partial charge in [0.2, 0.25) is 0 Å². The van der Waals surface area contributed by atoms with Gasteiger partial charge in [-0.05, 0) is 50.0 Å². The zero-order valence-electron chi connectivity index (χ0n) is 13.2. The van der Waals surface area contributed by atoms with Crippen LogP contribution in [0, 0.1) is 17.8 Å². The molecule has 2 heteroatoms. The van der Waals surface area contributed by atoms with E-state index >= 15 is 0 Å². The Balaban J connectivity index is 2.69. The molecule has 18 heavy (non-hydrogen) atoms. The monoisotopic (exact) mass is 254 g/mol. The van der Waals surface area contributed by atoms with E-state index in [0.717, 1.165) is 30.8 Å². The lowest BCUT2D eigenvalue weighted by Gasteiger charge is -2.48. The second-order valence-corrected chi connectivity index (χ2v) is 6.94. The molecule has 108 valence electrons. The highest BCUT2D eigenvalue weighted by molar-refractivity contribution is 4.96. The molecule has 1 aliphatic carbocycles. The van der Waals surface area contributed by atoms with Crippen LogP contribution in [-0.4, -0.2) is 30.1 Å². The maximum Gasteiger partial charge on any atom is 0.0331 e. The number of rotatable bonds is 6. The average molecular weight is 254 g/mol. The smallest absolute Gasteiger partial charge is 0.0331 e. The first-order valence-electron chi connectivity index (χ1n) is 7.90. The average Bonchev–Trinajstić information content (AvgIpc) is 2.35. The SMILES string of the molecule is CCN(CC(C)C)C1(CN)CCC(C(C)C)CC1. The number of hydrogen-bond donors (Lipinski definition) is 1. The van der Waals surface area contributed by atoms with Crippen LogP contribution in [0.3, 0.4) is 0 Å². The minimum Gasteiger partial charge on any atom is -0.329 e. The summed E-state index contributed by atoms with van der Waals surface area (Å²) in [5.41, 5.74) is 6.47. The lowest BCUT2D eigenvalue weighted by molar-refractivity contribution is 0.0304. The Kier molecular flexibility index (Phi) is 6.13. The van der Waals surface area contributed by atoms with Gasteiger partial charge in [-0.1, -0.05) is 34.6 Å². The summed E-state index contributed by atoms with van der Waals surface area (Å²) < 4.78 is 0. The van der Waals surface area contributed by atoms with Crippen LogP contribution in [0.4, 0.5) is 0 Å². The molecule has 0 aromatic carbocycles. The van der Waals surface area contributed by atoms with Crippen molar-refractivity contribution in [1.29, 1.82) is 0 Å². The van der Waals surface area contributed by atoms with Crippen molar-refractivity contribution in [1.82, 2.24) is 4.90 Å². The minimum atomic E-state index is 0.296. The van der Waals surface area contributed by atoms with E-state index in [1.54, 1.807) is 0 Å². The molecule has 0 saturated heterocycles. The molecule has 2 N–H and O–H groups in total. The summed E-state index contributed by atoms with van der Waals surface area (Å²) in [6, 6.07) is 0. The highest BCUT2D eigenvalue weighted by atomic mass is 15.2. The Bertz CT molecular complexity index is 227. The quantitative estimate of drug-likeness (QED) is 0.786. The fraction of sp³-hybridized carbons (Fsp3) is 1.00. The van der Waals surface area contributed by atoms with Gasteiger partial charge in [0.1, 0.15) is 0 Å². The number of likely N-dealkylation sites (N-methyl/N-ethyl adjacent to an activating group) is 1. The van der Waals surface area contributed by atoms with E-state index in [1.165, 1.54) is 32.2 Å². The summed E-state index contributed by atoms with van der Waals surface area (Å²) in [7, 11) is 0. The maximum absolute atomic E-state index is 6.17. The van der Waals surface area contributed by atoms with Crippen molar-refractivity contribution in [2.24, 2.45) is 23.5 Å². The van der Waals surface area contributed by atoms with Crippen molar-refractivity contribution in [3.63, 3.8) is 0 Å². The standard InChI is InChI=1S/C16H34N2/c1-6-18(11-13(2)3)16(12-17)9-7-15(8-10-16)14(4)5/h13-15H,6-12,17H2,1-5H3. The van der Waals surface area contributed by atoms with Gasteiger partial charge in [0.05, 0.1) is 0 Å². The molecule has 0 atom stereocenters. The van der Waals surface area contributed by atoms with E-state index in [2.05, 4.69) is 39.5 Å². The van der Waals surface area contributed by atoms with Crippen molar-refractivity contribution in [2.75, 3.05) is 19.6 Å². The lowest BCUT2D eigenvalue weighted by atomic mass is 9.72. The molecule has 0 heterocycles. The molecule has 0 aromatic heterocycles. The van der Waals surface area contributed by atoms with Gasteiger partial charge in [-0.3, -0.25) is 4.90 Å². The van der Waals surface area contributed by atoms with E-state index in [9.17, 15) is 0 Å². The highest BCUT2D eigenvalue weighted by Crippen LogP contribution is 2.39. The summed E-state index contributed by atoms with van der Waals surface area (Å²) in [5.74, 6) is 2.49. The molecule has 1 rings (SSSR count). The van der Waals surface area contributed by atoms with E-state index in [0.29, 0.717) is 5.54 Å². The van der Waals surface area contributed by atoms with E-state index in [1.807, 2.05) is 0 Å². The Morgan fingerprint density at radius 3 is 2.06 bits per heavy atom. The molecule has 1 fully saturated rings. The van der Waals surface area contributed by atoms with Crippen molar-refractivity contribution in [3.05, 3.63) is 0 Å². The summed E-state index contributed by atoms with van der Waals surface area (Å²) in [6.45, 7) is 14.8. The molecule has 0 radical (unpaired) electrons. The molecular weight excluding hydrogens is 220 g/mol. The third kappa shape index (κ3) is 3.71. The summed E-state index contributed by atoms with van der Waals surface area (Å²) in [4.78, 5) is 2.66. The van der Waals surface area contributed by atoms with Crippen molar-refractivity contribution >= 4 is 0 Å². The van der Waals surface area contributed by atoms with Gasteiger partial charge in [0, 0.05) is 18.6 Å². The molecule has 2 nitrogen and oxygen atoms in total. The van der Waals surface area contributed by atoms with Gasteiger partial charge in [-0.2, -0.15) is 0 Å². The van der Waals surface area contributed by atoms with Gasteiger partial charge in [0.25, 0.3) is 0 Å². The third-order valence-electron chi connectivity index (χ3n) is 4.92. The van der Waals surface area contributed by atoms with Crippen LogP contribution in [0.15, 0.2) is 0 Å². The van der Waals surface area contributed by atoms with Gasteiger partial charge >= 0.3 is 0 Å². The Morgan fingerprint density at radius 2 is 1.72 bits per heavy atom. The number of nitrogens with two attached hydrogens (primary N) is 1. The molecule has 0 spiro atoms. The van der Waals surface area contributed by atoms with Crippen molar-refractivity contribution in [2.45, 2.75) is 65.8 Å². The molecule has 0 aromatic rings. The zero-order chi connectivity index (χ0) is 13.8. The van der Waals surface area contributed by atoms with Crippen LogP contribution >= 0.6 is 0 Å². The van der Waals surface area contributed by atoms with Gasteiger partial charge in [-0.25, -0.2) is 0 Å². The number of nitrogens with zero attached hydrogens (tertiary/aromatic N) is 1. The number of hydrogen-bond acceptors (Lipinski definition) is 2. The largest absolute Gasteiger partial charge is 0.329 e. The van der Waals surface area contributed by atoms with E-state index in [-0.39, 0.29) is 0 Å². The Hall–Kier alpha value is -0.0800. The van der Waals surface area contributed by atoms with Gasteiger partial charge in [0.15, 0.2) is 0 Å². The zero-order valence-corrected chi connectivity index (χ0v) is 13.2. The van der Waals surface area contributed by atoms with Crippen molar-refractivity contribution < 1.29 is 0 Å². The van der Waals surface area contributed by atoms with Crippen LogP contribution < -0.4 is 5.73 Å². The molecule has 0 aliphatic heterocycles. The summed E-state index contributed by atoms with van der Waals surface area (Å²) >= 11 is 0. The van der Waals surface area contributed by atoms with Gasteiger partial charge < -0.3 is 5.73 Å². The first-order chi connectivity index (χ1) is 8.45. The van der Waals surface area contributed by atoms with E-state index < -0.39 is 0 Å². The van der Waals surface area contributed by atoms with Crippen LogP contribution in [-0.2, 0) is 0 Å². The van der Waals surface area contributed by atoms with Gasteiger partial charge in [-0.15, -0.1) is 0 Å². The minimum absolute atomic E-state index is 0.296. The fourth-order valence-electron chi connectivity index (χ4n) is 3.59. The summed E-state index contributed by atoms with van der Waals surface area (Å²) in [5, 5.41) is 0. The Labute approximate surface area is 114 Å². The highest BCUT2D eigenvalue weighted by Gasteiger charge is 2.39. The van der Waals surface area contributed by atoms with Crippen LogP contribution in [0.2, 0.25) is 0 Å². The Morgan fingerprint density at radius 1 is 1.17 bits per heavy atom. The second-order valence-electron chi connectivity index (χ2n) is 6.94. The predicted octanol–water partition coefficient (Wildman–Crippen LogP) is 3.51.